The van der Waals surface area contributed by atoms with E-state index in [1.165, 1.54) is 22.6 Å². The molecule has 0 spiro atoms. The summed E-state index contributed by atoms with van der Waals surface area (Å²) in [7, 11) is -7.67. The normalized spacial score (nSPS) is 20.1. The second-order valence-corrected chi connectivity index (χ2v) is 25.0. The van der Waals surface area contributed by atoms with E-state index in [0.717, 1.165) is 40.2 Å². The number of anilines is 1. The van der Waals surface area contributed by atoms with Gasteiger partial charge in [0.1, 0.15) is 22.5 Å². The van der Waals surface area contributed by atoms with Crippen LogP contribution >= 0.6 is 0 Å². The third-order valence-corrected chi connectivity index (χ3v) is 16.8. The number of alkyl carbamates (subject to hydrolysis) is 2. The molecule has 9 rings (SSSR count). The molecule has 0 radical (unpaired) electrons. The first-order valence-electron chi connectivity index (χ1n) is 25.1. The maximum absolute atomic E-state index is 13.4. The molecule has 7 aromatic rings. The molecule has 75 heavy (non-hydrogen) atoms. The van der Waals surface area contributed by atoms with Crippen molar-refractivity contribution in [1.82, 2.24) is 53.6 Å². The Morgan fingerprint density at radius 3 is 1.73 bits per heavy atom. The third-order valence-electron chi connectivity index (χ3n) is 13.4. The van der Waals surface area contributed by atoms with Crippen LogP contribution in [0, 0.1) is 31.6 Å². The van der Waals surface area contributed by atoms with Crippen LogP contribution in [0.3, 0.4) is 0 Å². The quantitative estimate of drug-likeness (QED) is 0.0841. The van der Waals surface area contributed by atoms with Crippen molar-refractivity contribution in [3.05, 3.63) is 102 Å². The van der Waals surface area contributed by atoms with Gasteiger partial charge in [0.25, 0.3) is 20.0 Å². The molecule has 5 heterocycles. The number of hydrogen-bond donors (Lipinski definition) is 4. The first kappa shape index (κ1) is 54.1. The lowest BCUT2D eigenvalue weighted by Crippen LogP contribution is -2.39. The van der Waals surface area contributed by atoms with E-state index in [1.807, 2.05) is 45.9 Å². The Bertz CT molecular complexity index is 3450. The van der Waals surface area contributed by atoms with Crippen molar-refractivity contribution in [3.8, 4) is 0 Å². The van der Waals surface area contributed by atoms with Crippen molar-refractivity contribution in [2.75, 3.05) is 5.43 Å². The molecule has 2 aliphatic carbocycles. The van der Waals surface area contributed by atoms with E-state index < -0.39 is 43.4 Å². The van der Waals surface area contributed by atoms with Gasteiger partial charge in [0, 0.05) is 36.3 Å². The maximum Gasteiger partial charge on any atom is 0.407 e. The van der Waals surface area contributed by atoms with Crippen molar-refractivity contribution in [3.63, 3.8) is 0 Å². The highest BCUT2D eigenvalue weighted by atomic mass is 32.2. The molecule has 0 aliphatic heterocycles. The van der Waals surface area contributed by atoms with Crippen LogP contribution in [-0.2, 0) is 34.3 Å². The van der Waals surface area contributed by atoms with E-state index in [1.54, 1.807) is 87.6 Å². The highest BCUT2D eigenvalue weighted by Gasteiger charge is 2.40. The molecule has 5 aromatic heterocycles. The fourth-order valence-electron chi connectivity index (χ4n) is 9.87. The number of carbonyl (C=O) groups is 3. The first-order valence-corrected chi connectivity index (χ1v) is 28.0. The summed E-state index contributed by atoms with van der Waals surface area (Å²) >= 11 is 0. The monoisotopic (exact) mass is 1070 g/mol. The van der Waals surface area contributed by atoms with Gasteiger partial charge in [-0.1, -0.05) is 62.1 Å². The van der Waals surface area contributed by atoms with Gasteiger partial charge in [0.05, 0.1) is 27.7 Å². The number of amides is 3. The lowest BCUT2D eigenvalue weighted by atomic mass is 9.93. The van der Waals surface area contributed by atoms with Gasteiger partial charge in [0.2, 0.25) is 5.91 Å². The molecular weight excluding hydrogens is 1000 g/mol. The Morgan fingerprint density at radius 1 is 0.653 bits per heavy atom. The van der Waals surface area contributed by atoms with Gasteiger partial charge in [-0.15, -0.1) is 10.2 Å². The molecule has 2 fully saturated rings. The van der Waals surface area contributed by atoms with E-state index >= 15 is 0 Å². The number of fused-ring (bicyclic) bond motifs is 4. The Labute approximate surface area is 436 Å². The fourth-order valence-corrected chi connectivity index (χ4v) is 12.5. The topological polar surface area (TPSA) is 265 Å². The highest BCUT2D eigenvalue weighted by molar-refractivity contribution is 7.90. The Morgan fingerprint density at radius 2 is 1.17 bits per heavy atom. The molecule has 400 valence electrons. The maximum atomic E-state index is 13.4. The standard InChI is InChI=1S/C26H34N6O5S.C26H32N6O4S/c1-6-17-13-18(28-25(34)37-26(3,4)5)14-20(17)24(33)31-30-22-15-27-23-21(29-22)11-12-32(23)38(35,36)19-9-7-16(2)8-10-19;1-6-17-13-18(28-25(33)36-26(3,4)5)14-20(17)23-30-29-22-15-27-24-21(32(22)23)11-12-31(24)37(34,35)19-9-7-16(2)8-10-19/h7-12,15,17-18,20H,6,13-14H2,1-5H3,(H,28,34)(H,29,30)(H,31,33);7-12,15,17-18,20H,6,13-14H2,1-5H3,(H,28,33). The van der Waals surface area contributed by atoms with Crippen molar-refractivity contribution in [1.29, 1.82) is 0 Å². The minimum absolute atomic E-state index is 0.0302. The second kappa shape index (κ2) is 21.2. The molecule has 6 unspecified atom stereocenters. The number of benzene rings is 2. The molecule has 2 aromatic carbocycles. The largest absolute Gasteiger partial charge is 0.444 e. The average Bonchev–Trinajstić information content (AvgIpc) is 4.19. The number of carbonyl (C=O) groups excluding carboxylic acids is 3. The van der Waals surface area contributed by atoms with Crippen LogP contribution in [-0.4, -0.2) is 95.7 Å². The Kier molecular flexibility index (Phi) is 15.3. The van der Waals surface area contributed by atoms with Gasteiger partial charge in [-0.05, 0) is 129 Å². The van der Waals surface area contributed by atoms with Crippen molar-refractivity contribution < 1.29 is 40.7 Å². The second-order valence-electron chi connectivity index (χ2n) is 21.3. The number of aryl methyl sites for hydroxylation is 2. The molecule has 6 atom stereocenters. The lowest BCUT2D eigenvalue weighted by Gasteiger charge is -2.21. The summed E-state index contributed by atoms with van der Waals surface area (Å²) in [4.78, 5) is 51.0. The van der Waals surface area contributed by atoms with Crippen LogP contribution in [0.2, 0.25) is 0 Å². The summed E-state index contributed by atoms with van der Waals surface area (Å²) in [5, 5.41) is 14.7. The summed E-state index contributed by atoms with van der Waals surface area (Å²) in [6.07, 6.45) is 9.28. The van der Waals surface area contributed by atoms with Gasteiger partial charge in [-0.2, -0.15) is 0 Å². The van der Waals surface area contributed by atoms with Crippen molar-refractivity contribution in [2.24, 2.45) is 17.8 Å². The molecule has 0 bridgehead atoms. The van der Waals surface area contributed by atoms with Gasteiger partial charge < -0.3 is 20.1 Å². The van der Waals surface area contributed by atoms with Gasteiger partial charge in [0.15, 0.2) is 22.8 Å². The first-order chi connectivity index (χ1) is 35.3. The Balaban J connectivity index is 0.000000199. The SMILES string of the molecule is CCC1CC(NC(=O)OC(C)(C)C)CC1C(=O)NNc1cnc2c(ccn2S(=O)(=O)c2ccc(C)cc2)n1.CCC1CC(NC(=O)OC(C)(C)C)CC1c1nnc2cnc3c(ccn3S(=O)(=O)c3ccc(C)cc3)n12. The molecule has 2 saturated carbocycles. The lowest BCUT2D eigenvalue weighted by molar-refractivity contribution is -0.125. The van der Waals surface area contributed by atoms with Crippen molar-refractivity contribution in [2.45, 2.75) is 147 Å². The van der Waals surface area contributed by atoms with Crippen LogP contribution in [0.15, 0.2) is 95.2 Å². The van der Waals surface area contributed by atoms with Crippen LogP contribution in [0.25, 0.3) is 28.0 Å². The van der Waals surface area contributed by atoms with Gasteiger partial charge in [-0.3, -0.25) is 20.0 Å². The Hall–Kier alpha value is -7.14. The number of nitrogens with one attached hydrogen (secondary N) is 4. The average molecular weight is 1070 g/mol. The predicted molar refractivity (Wildman–Crippen MR) is 282 cm³/mol. The molecule has 23 heteroatoms. The summed E-state index contributed by atoms with van der Waals surface area (Å²) < 4.78 is 67.9. The summed E-state index contributed by atoms with van der Waals surface area (Å²) in [6, 6.07) is 16.4. The number of hydrazine groups is 1. The van der Waals surface area contributed by atoms with Gasteiger partial charge >= 0.3 is 12.2 Å². The zero-order chi connectivity index (χ0) is 54.2. The third kappa shape index (κ3) is 12.0. The number of ether oxygens (including phenoxy) is 2. The van der Waals surface area contributed by atoms with E-state index in [9.17, 15) is 31.2 Å². The molecule has 21 nitrogen and oxygen atoms in total. The highest BCUT2D eigenvalue weighted by Crippen LogP contribution is 2.42. The minimum Gasteiger partial charge on any atom is -0.444 e. The van der Waals surface area contributed by atoms with Crippen molar-refractivity contribution >= 4 is 71.9 Å². The van der Waals surface area contributed by atoms with Crippen LogP contribution in [0.4, 0.5) is 15.4 Å². The van der Waals surface area contributed by atoms with Gasteiger partial charge in [-0.25, -0.2) is 49.3 Å². The molecule has 4 N–H and O–H groups in total. The summed E-state index contributed by atoms with van der Waals surface area (Å²) in [5.74, 6) is 0.901. The summed E-state index contributed by atoms with van der Waals surface area (Å²) in [6.45, 7) is 18.9. The molecule has 0 saturated heterocycles. The number of aromatic nitrogens is 8. The molecular formula is C52H66N12O9S2. The summed E-state index contributed by atoms with van der Waals surface area (Å²) in [5.41, 5.74) is 8.26. The van der Waals surface area contributed by atoms with Crippen LogP contribution in [0.5, 0.6) is 0 Å². The number of rotatable bonds is 12. The molecule has 2 aliphatic rings. The fraction of sp³-hybridized carbons (Fsp3) is 0.462. The minimum atomic E-state index is -3.84. The zero-order valence-electron chi connectivity index (χ0n) is 43.9. The van der Waals surface area contributed by atoms with E-state index in [0.29, 0.717) is 41.6 Å². The van der Waals surface area contributed by atoms with E-state index in [4.69, 9.17) is 9.47 Å². The number of nitrogens with zero attached hydrogens (tertiary/aromatic N) is 8. The van der Waals surface area contributed by atoms with Crippen LogP contribution in [0.1, 0.15) is 117 Å². The van der Waals surface area contributed by atoms with E-state index in [2.05, 4.69) is 53.6 Å². The molecule has 3 amide bonds. The smallest absolute Gasteiger partial charge is 0.407 e. The van der Waals surface area contributed by atoms with E-state index in [-0.39, 0.29) is 62.9 Å². The van der Waals surface area contributed by atoms with Crippen LogP contribution < -0.4 is 21.5 Å². The predicted octanol–water partition coefficient (Wildman–Crippen LogP) is 8.17. The number of hydrogen-bond acceptors (Lipinski definition) is 15. The zero-order valence-corrected chi connectivity index (χ0v) is 45.5.